The van der Waals surface area contributed by atoms with E-state index in [0.29, 0.717) is 5.56 Å². The normalized spacial score (nSPS) is 12.0. The molecule has 0 heterocycles. The molecule has 0 aromatic heterocycles. The lowest BCUT2D eigenvalue weighted by molar-refractivity contribution is -0.137. The molecule has 0 radical (unpaired) electrons. The van der Waals surface area contributed by atoms with E-state index in [9.17, 15) is 18.0 Å². The van der Waals surface area contributed by atoms with Gasteiger partial charge >= 0.3 is 6.18 Å². The first kappa shape index (κ1) is 12.6. The highest BCUT2D eigenvalue weighted by Crippen LogP contribution is 2.32. The summed E-state index contributed by atoms with van der Waals surface area (Å²) < 4.78 is 36.8. The van der Waals surface area contributed by atoms with Gasteiger partial charge in [-0.15, -0.1) is 0 Å². The molecule has 0 unspecified atom stereocenters. The summed E-state index contributed by atoms with van der Waals surface area (Å²) in [6, 6.07) is 2.85. The summed E-state index contributed by atoms with van der Waals surface area (Å²) in [5, 5.41) is -0.0904. The van der Waals surface area contributed by atoms with E-state index in [2.05, 4.69) is 0 Å². The quantitative estimate of drug-likeness (QED) is 0.805. The number of carbonyl (C=O) groups is 1. The van der Waals surface area contributed by atoms with Crippen molar-refractivity contribution in [1.82, 2.24) is 0 Å². The maximum atomic E-state index is 12.3. The molecule has 0 saturated carbocycles. The Labute approximate surface area is 94.5 Å². The van der Waals surface area contributed by atoms with Gasteiger partial charge in [0.1, 0.15) is 0 Å². The van der Waals surface area contributed by atoms with Crippen LogP contribution in [0.2, 0.25) is 5.02 Å². The van der Waals surface area contributed by atoms with Gasteiger partial charge in [0.05, 0.1) is 5.56 Å². The average Bonchev–Trinajstić information content (AvgIpc) is 2.14. The van der Waals surface area contributed by atoms with Gasteiger partial charge in [0.15, 0.2) is 0 Å². The van der Waals surface area contributed by atoms with E-state index in [1.807, 2.05) is 0 Å². The number of carbonyl (C=O) groups excluding carboxylic acids is 1. The minimum Gasteiger partial charge on any atom is -0.366 e. The SMILES string of the molecule is NC(=O)C=Cc1ccc(C(F)(F)F)cc1Cl. The Hall–Kier alpha value is -1.49. The number of amides is 1. The first-order chi connectivity index (χ1) is 7.30. The predicted octanol–water partition coefficient (Wildman–Crippen LogP) is 2.86. The van der Waals surface area contributed by atoms with E-state index in [-0.39, 0.29) is 5.02 Å². The molecule has 0 aliphatic rings. The summed E-state index contributed by atoms with van der Waals surface area (Å²) >= 11 is 5.62. The smallest absolute Gasteiger partial charge is 0.366 e. The van der Waals surface area contributed by atoms with E-state index in [0.717, 1.165) is 18.2 Å². The second kappa shape index (κ2) is 4.57. The summed E-state index contributed by atoms with van der Waals surface area (Å²) in [5.41, 5.74) is 4.30. The van der Waals surface area contributed by atoms with Crippen molar-refractivity contribution in [3.8, 4) is 0 Å². The number of rotatable bonds is 2. The summed E-state index contributed by atoms with van der Waals surface area (Å²) in [4.78, 5) is 10.4. The molecule has 2 nitrogen and oxygen atoms in total. The van der Waals surface area contributed by atoms with Crippen LogP contribution >= 0.6 is 11.6 Å². The zero-order chi connectivity index (χ0) is 12.3. The molecular weight excluding hydrogens is 243 g/mol. The van der Waals surface area contributed by atoms with E-state index < -0.39 is 17.6 Å². The summed E-state index contributed by atoms with van der Waals surface area (Å²) in [6.07, 6.45) is -2.16. The molecule has 0 spiro atoms. The largest absolute Gasteiger partial charge is 0.416 e. The van der Waals surface area contributed by atoms with E-state index in [1.165, 1.54) is 12.1 Å². The van der Waals surface area contributed by atoms with Gasteiger partial charge in [0.2, 0.25) is 5.91 Å². The first-order valence-corrected chi connectivity index (χ1v) is 4.53. The molecule has 0 bridgehead atoms. The van der Waals surface area contributed by atoms with Crippen LogP contribution < -0.4 is 5.73 Å². The fourth-order valence-corrected chi connectivity index (χ4v) is 1.25. The van der Waals surface area contributed by atoms with Gasteiger partial charge in [-0.25, -0.2) is 0 Å². The van der Waals surface area contributed by atoms with Gasteiger partial charge in [-0.2, -0.15) is 13.2 Å². The number of alkyl halides is 3. The van der Waals surface area contributed by atoms with Crippen LogP contribution in [-0.4, -0.2) is 5.91 Å². The monoisotopic (exact) mass is 249 g/mol. The second-order valence-corrected chi connectivity index (χ2v) is 3.38. The first-order valence-electron chi connectivity index (χ1n) is 4.15. The van der Waals surface area contributed by atoms with Crippen LogP contribution in [-0.2, 0) is 11.0 Å². The minimum atomic E-state index is -4.43. The third-order valence-electron chi connectivity index (χ3n) is 1.75. The van der Waals surface area contributed by atoms with Crippen molar-refractivity contribution in [2.45, 2.75) is 6.18 Å². The number of hydrogen-bond donors (Lipinski definition) is 1. The molecule has 0 atom stereocenters. The van der Waals surface area contributed by atoms with Crippen molar-refractivity contribution >= 4 is 23.6 Å². The van der Waals surface area contributed by atoms with Crippen molar-refractivity contribution < 1.29 is 18.0 Å². The number of primary amides is 1. The second-order valence-electron chi connectivity index (χ2n) is 2.97. The Bertz CT molecular complexity index is 440. The van der Waals surface area contributed by atoms with E-state index in [4.69, 9.17) is 17.3 Å². The summed E-state index contributed by atoms with van der Waals surface area (Å²) in [7, 11) is 0. The molecule has 6 heteroatoms. The van der Waals surface area contributed by atoms with E-state index in [1.54, 1.807) is 0 Å². The third-order valence-corrected chi connectivity index (χ3v) is 2.08. The highest BCUT2D eigenvalue weighted by atomic mass is 35.5. The number of benzene rings is 1. The topological polar surface area (TPSA) is 43.1 Å². The van der Waals surface area contributed by atoms with Crippen LogP contribution in [0, 0.1) is 0 Å². The lowest BCUT2D eigenvalue weighted by Gasteiger charge is -2.07. The van der Waals surface area contributed by atoms with Gasteiger partial charge in [-0.05, 0) is 23.8 Å². The average molecular weight is 250 g/mol. The third kappa shape index (κ3) is 3.27. The molecule has 1 amide bonds. The standard InChI is InChI=1S/C10H7ClF3NO/c11-8-5-7(10(12,13)14)3-1-6(8)2-4-9(15)16/h1-5H,(H2,15,16). The Morgan fingerprint density at radius 1 is 1.38 bits per heavy atom. The Balaban J connectivity index is 3.05. The van der Waals surface area contributed by atoms with E-state index >= 15 is 0 Å². The van der Waals surface area contributed by atoms with Gasteiger partial charge in [-0.1, -0.05) is 17.7 Å². The van der Waals surface area contributed by atoms with Crippen LogP contribution in [0.1, 0.15) is 11.1 Å². The highest BCUT2D eigenvalue weighted by molar-refractivity contribution is 6.32. The minimum absolute atomic E-state index is 0.0904. The van der Waals surface area contributed by atoms with Crippen LogP contribution in [0.4, 0.5) is 13.2 Å². The Kier molecular flexibility index (Phi) is 3.59. The molecule has 1 aromatic rings. The molecule has 0 saturated heterocycles. The van der Waals surface area contributed by atoms with Gasteiger partial charge in [-0.3, -0.25) is 4.79 Å². The molecular formula is C10H7ClF3NO. The van der Waals surface area contributed by atoms with Crippen molar-refractivity contribution in [1.29, 1.82) is 0 Å². The Morgan fingerprint density at radius 2 is 2.00 bits per heavy atom. The van der Waals surface area contributed by atoms with Crippen molar-refractivity contribution in [3.05, 3.63) is 40.4 Å². The van der Waals surface area contributed by atoms with Crippen molar-refractivity contribution in [3.63, 3.8) is 0 Å². The molecule has 86 valence electrons. The zero-order valence-corrected chi connectivity index (χ0v) is 8.64. The summed E-state index contributed by atoms with van der Waals surface area (Å²) in [5.74, 6) is -0.698. The molecule has 0 fully saturated rings. The van der Waals surface area contributed by atoms with Crippen LogP contribution in [0.5, 0.6) is 0 Å². The van der Waals surface area contributed by atoms with Gasteiger partial charge in [0.25, 0.3) is 0 Å². The number of hydrogen-bond acceptors (Lipinski definition) is 1. The molecule has 0 aliphatic carbocycles. The number of nitrogens with two attached hydrogens (primary N) is 1. The van der Waals surface area contributed by atoms with Crippen LogP contribution in [0.3, 0.4) is 0 Å². The molecule has 1 rings (SSSR count). The zero-order valence-electron chi connectivity index (χ0n) is 7.88. The van der Waals surface area contributed by atoms with Crippen LogP contribution in [0.15, 0.2) is 24.3 Å². The molecule has 0 aliphatic heterocycles. The number of halogens is 4. The highest BCUT2D eigenvalue weighted by Gasteiger charge is 2.30. The maximum absolute atomic E-state index is 12.3. The van der Waals surface area contributed by atoms with Crippen LogP contribution in [0.25, 0.3) is 6.08 Å². The summed E-state index contributed by atoms with van der Waals surface area (Å²) in [6.45, 7) is 0. The van der Waals surface area contributed by atoms with Gasteiger partial charge < -0.3 is 5.73 Å². The maximum Gasteiger partial charge on any atom is 0.416 e. The lowest BCUT2D eigenvalue weighted by Crippen LogP contribution is -2.06. The van der Waals surface area contributed by atoms with Crippen molar-refractivity contribution in [2.75, 3.05) is 0 Å². The lowest BCUT2D eigenvalue weighted by atomic mass is 10.1. The van der Waals surface area contributed by atoms with Gasteiger partial charge in [0, 0.05) is 11.1 Å². The van der Waals surface area contributed by atoms with Crippen molar-refractivity contribution in [2.24, 2.45) is 5.73 Å². The fourth-order valence-electron chi connectivity index (χ4n) is 1.01. The molecule has 1 aromatic carbocycles. The molecule has 16 heavy (non-hydrogen) atoms. The molecule has 2 N–H and O–H groups in total. The fraction of sp³-hybridized carbons (Fsp3) is 0.100. The Morgan fingerprint density at radius 3 is 2.44 bits per heavy atom. The predicted molar refractivity (Wildman–Crippen MR) is 54.7 cm³/mol.